The Hall–Kier alpha value is -0.810. The van der Waals surface area contributed by atoms with Gasteiger partial charge in [-0.15, -0.1) is 23.2 Å². The van der Waals surface area contributed by atoms with E-state index in [1.54, 1.807) is 6.92 Å². The summed E-state index contributed by atoms with van der Waals surface area (Å²) >= 11 is 11.0. The molecule has 0 rings (SSSR count). The molecule has 0 aromatic rings. The molecule has 0 aromatic carbocycles. The Morgan fingerprint density at radius 2 is 1.47 bits per heavy atom. The van der Waals surface area contributed by atoms with Crippen LogP contribution in [-0.4, -0.2) is 40.4 Å². The van der Waals surface area contributed by atoms with Gasteiger partial charge in [-0.25, -0.2) is 0 Å². The van der Waals surface area contributed by atoms with Crippen molar-refractivity contribution in [2.24, 2.45) is 5.73 Å². The van der Waals surface area contributed by atoms with Crippen molar-refractivity contribution in [3.05, 3.63) is 0 Å². The van der Waals surface area contributed by atoms with Crippen molar-refractivity contribution in [1.29, 1.82) is 0 Å². The first-order valence-electron chi connectivity index (χ1n) is 6.25. The molecule has 3 amide bonds. The Kier molecular flexibility index (Phi) is 9.61. The number of carbonyl (C=O) groups excluding carboxylic acids is 3. The predicted octanol–water partition coefficient (Wildman–Crippen LogP) is 1.64. The monoisotopic (exact) mass is 310 g/mol. The first-order chi connectivity index (χ1) is 8.99. The Morgan fingerprint density at radius 1 is 1.05 bits per heavy atom. The molecule has 5 nitrogen and oxygen atoms in total. The second-order valence-electron chi connectivity index (χ2n) is 4.07. The van der Waals surface area contributed by atoms with Gasteiger partial charge in [0.15, 0.2) is 0 Å². The number of alkyl halides is 2. The van der Waals surface area contributed by atoms with Crippen LogP contribution in [0.15, 0.2) is 0 Å². The van der Waals surface area contributed by atoms with Crippen molar-refractivity contribution in [1.82, 2.24) is 4.90 Å². The molecule has 0 saturated heterocycles. The summed E-state index contributed by atoms with van der Waals surface area (Å²) in [5.41, 5.74) is 5.24. The number of amides is 3. The lowest BCUT2D eigenvalue weighted by atomic mass is 10.1. The van der Waals surface area contributed by atoms with Crippen LogP contribution in [0.3, 0.4) is 0 Å². The van der Waals surface area contributed by atoms with Gasteiger partial charge in [-0.3, -0.25) is 19.3 Å². The highest BCUT2D eigenvalue weighted by atomic mass is 35.5. The minimum Gasteiger partial charge on any atom is -0.368 e. The molecule has 19 heavy (non-hydrogen) atoms. The first-order valence-corrected chi connectivity index (χ1v) is 7.32. The summed E-state index contributed by atoms with van der Waals surface area (Å²) < 4.78 is 0. The molecule has 7 heteroatoms. The van der Waals surface area contributed by atoms with E-state index in [0.717, 1.165) is 4.90 Å². The van der Waals surface area contributed by atoms with Crippen molar-refractivity contribution in [3.8, 4) is 0 Å². The molecule has 0 aliphatic carbocycles. The number of nitrogens with two attached hydrogens (primary N) is 1. The average molecular weight is 311 g/mol. The number of halogens is 2. The second-order valence-corrected chi connectivity index (χ2v) is 4.82. The summed E-state index contributed by atoms with van der Waals surface area (Å²) in [6.45, 7) is 1.70. The number of primary amides is 1. The van der Waals surface area contributed by atoms with E-state index in [9.17, 15) is 14.4 Å². The van der Waals surface area contributed by atoms with E-state index >= 15 is 0 Å². The smallest absolute Gasteiger partial charge is 0.240 e. The first kappa shape index (κ1) is 18.2. The Balaban J connectivity index is 4.94. The molecular formula is C12H20Cl2N2O3. The fourth-order valence-electron chi connectivity index (χ4n) is 1.67. The fourth-order valence-corrected chi connectivity index (χ4v) is 1.94. The lowest BCUT2D eigenvalue weighted by Crippen LogP contribution is -2.50. The molecule has 110 valence electrons. The van der Waals surface area contributed by atoms with Gasteiger partial charge in [-0.1, -0.05) is 6.92 Å². The van der Waals surface area contributed by atoms with E-state index in [4.69, 9.17) is 28.9 Å². The van der Waals surface area contributed by atoms with E-state index in [2.05, 4.69) is 0 Å². The highest BCUT2D eigenvalue weighted by molar-refractivity contribution is 6.18. The van der Waals surface area contributed by atoms with Crippen LogP contribution in [0.2, 0.25) is 0 Å². The molecule has 0 fully saturated rings. The molecule has 0 aromatic heterocycles. The van der Waals surface area contributed by atoms with Crippen LogP contribution in [0.25, 0.3) is 0 Å². The number of imide groups is 1. The normalized spacial score (nSPS) is 11.9. The zero-order chi connectivity index (χ0) is 14.8. The van der Waals surface area contributed by atoms with Crippen LogP contribution < -0.4 is 5.73 Å². The van der Waals surface area contributed by atoms with Crippen LogP contribution in [-0.2, 0) is 14.4 Å². The number of rotatable bonds is 9. The van der Waals surface area contributed by atoms with Crippen molar-refractivity contribution in [2.45, 2.75) is 45.1 Å². The number of carbonyl (C=O) groups is 3. The van der Waals surface area contributed by atoms with Gasteiger partial charge in [0.25, 0.3) is 0 Å². The van der Waals surface area contributed by atoms with Gasteiger partial charge in [-0.2, -0.15) is 0 Å². The molecule has 0 unspecified atom stereocenters. The average Bonchev–Trinajstić information content (AvgIpc) is 2.38. The zero-order valence-corrected chi connectivity index (χ0v) is 12.5. The molecule has 1 atom stereocenters. The van der Waals surface area contributed by atoms with E-state index in [1.165, 1.54) is 0 Å². The van der Waals surface area contributed by atoms with Crippen LogP contribution in [0.1, 0.15) is 39.0 Å². The van der Waals surface area contributed by atoms with Gasteiger partial charge in [0, 0.05) is 24.6 Å². The maximum atomic E-state index is 12.0. The van der Waals surface area contributed by atoms with Crippen molar-refractivity contribution >= 4 is 40.9 Å². The van der Waals surface area contributed by atoms with E-state index in [0.29, 0.717) is 31.0 Å². The number of nitrogens with zero attached hydrogens (tertiary/aromatic N) is 1. The van der Waals surface area contributed by atoms with Crippen LogP contribution in [0.4, 0.5) is 0 Å². The lowest BCUT2D eigenvalue weighted by molar-refractivity contribution is -0.151. The van der Waals surface area contributed by atoms with Crippen LogP contribution in [0.5, 0.6) is 0 Å². The summed E-state index contributed by atoms with van der Waals surface area (Å²) in [6, 6.07) is -0.898. The largest absolute Gasteiger partial charge is 0.368 e. The second kappa shape index (κ2) is 10.0. The Morgan fingerprint density at radius 3 is 1.74 bits per heavy atom. The third kappa shape index (κ3) is 6.25. The molecular weight excluding hydrogens is 291 g/mol. The van der Waals surface area contributed by atoms with Gasteiger partial charge in [-0.05, 0) is 19.3 Å². The maximum Gasteiger partial charge on any atom is 0.240 e. The molecule has 0 aliphatic rings. The minimum atomic E-state index is -0.898. The highest BCUT2D eigenvalue weighted by Crippen LogP contribution is 2.12. The molecule has 0 aliphatic heterocycles. The van der Waals surface area contributed by atoms with E-state index in [1.807, 2.05) is 0 Å². The third-order valence-corrected chi connectivity index (χ3v) is 3.15. The van der Waals surface area contributed by atoms with Crippen LogP contribution in [0, 0.1) is 0 Å². The highest BCUT2D eigenvalue weighted by Gasteiger charge is 2.31. The molecule has 2 N–H and O–H groups in total. The molecule has 0 saturated carbocycles. The molecule has 0 heterocycles. The summed E-state index contributed by atoms with van der Waals surface area (Å²) in [5.74, 6) is -0.858. The molecule has 0 spiro atoms. The van der Waals surface area contributed by atoms with Gasteiger partial charge in [0.1, 0.15) is 6.04 Å². The van der Waals surface area contributed by atoms with E-state index in [-0.39, 0.29) is 12.8 Å². The zero-order valence-electron chi connectivity index (χ0n) is 11.0. The summed E-state index contributed by atoms with van der Waals surface area (Å²) in [4.78, 5) is 36.4. The predicted molar refractivity (Wildman–Crippen MR) is 75.0 cm³/mol. The van der Waals surface area contributed by atoms with Crippen LogP contribution >= 0.6 is 23.2 Å². The standard InChI is InChI=1S/C12H20Cl2N2O3/c1-2-9(12(15)19)16(10(17)5-3-7-13)11(18)6-4-8-14/h9H,2-8H2,1H3,(H2,15,19)/t9-/m0/s1. The summed E-state index contributed by atoms with van der Waals surface area (Å²) in [5, 5.41) is 0. The number of hydrogen-bond acceptors (Lipinski definition) is 3. The van der Waals surface area contributed by atoms with Crippen molar-refractivity contribution in [2.75, 3.05) is 11.8 Å². The minimum absolute atomic E-state index is 0.125. The van der Waals surface area contributed by atoms with Gasteiger partial charge in [0.05, 0.1) is 0 Å². The van der Waals surface area contributed by atoms with Gasteiger partial charge in [0.2, 0.25) is 17.7 Å². The van der Waals surface area contributed by atoms with Crippen molar-refractivity contribution < 1.29 is 14.4 Å². The fraction of sp³-hybridized carbons (Fsp3) is 0.750. The lowest BCUT2D eigenvalue weighted by Gasteiger charge is -2.27. The Labute approximate surface area is 123 Å². The Bertz CT molecular complexity index is 304. The van der Waals surface area contributed by atoms with Crippen molar-refractivity contribution in [3.63, 3.8) is 0 Å². The molecule has 0 radical (unpaired) electrons. The quantitative estimate of drug-likeness (QED) is 0.657. The topological polar surface area (TPSA) is 80.5 Å². The third-order valence-electron chi connectivity index (χ3n) is 2.61. The van der Waals surface area contributed by atoms with E-state index < -0.39 is 23.8 Å². The molecule has 0 bridgehead atoms. The van der Waals surface area contributed by atoms with Gasteiger partial charge >= 0.3 is 0 Å². The maximum absolute atomic E-state index is 12.0. The van der Waals surface area contributed by atoms with Gasteiger partial charge < -0.3 is 5.73 Å². The number of hydrogen-bond donors (Lipinski definition) is 1. The summed E-state index contributed by atoms with van der Waals surface area (Å²) in [7, 11) is 0. The SMILES string of the molecule is CC[C@@H](C(N)=O)N(C(=O)CCCCl)C(=O)CCCCl. The summed E-state index contributed by atoms with van der Waals surface area (Å²) in [6.07, 6.45) is 1.46.